The van der Waals surface area contributed by atoms with Crippen molar-refractivity contribution in [1.82, 2.24) is 10.6 Å². The lowest BCUT2D eigenvalue weighted by atomic mass is 9.96. The number of amides is 1. The first-order valence-electron chi connectivity index (χ1n) is 7.80. The van der Waals surface area contributed by atoms with Crippen LogP contribution in [0.4, 0.5) is 0 Å². The number of ether oxygens (including phenoxy) is 2. The maximum atomic E-state index is 12.2. The average molecular weight is 379 g/mol. The first-order chi connectivity index (χ1) is 11.0. The van der Waals surface area contributed by atoms with Crippen molar-refractivity contribution in [3.05, 3.63) is 28.8 Å². The standard InChI is InChI=1S/C17H27ClN2O3.ClH/c1-12(2)9-15(20-17(21)11-19-7-8-22-3)14-10-13(18)5-6-16(14)23-4;/h5-6,10,12,15,19H,7-9,11H2,1-4H3,(H,20,21);1H. The van der Waals surface area contributed by atoms with Crippen LogP contribution in [0.5, 0.6) is 5.75 Å². The van der Waals surface area contributed by atoms with Crippen molar-refractivity contribution >= 4 is 29.9 Å². The van der Waals surface area contributed by atoms with Crippen molar-refractivity contribution in [1.29, 1.82) is 0 Å². The Hall–Kier alpha value is -1.01. The van der Waals surface area contributed by atoms with Crippen LogP contribution in [-0.4, -0.2) is 39.8 Å². The molecule has 0 aromatic heterocycles. The Bertz CT molecular complexity index is 499. The molecule has 138 valence electrons. The summed E-state index contributed by atoms with van der Waals surface area (Å²) in [5, 5.41) is 6.73. The van der Waals surface area contributed by atoms with Crippen molar-refractivity contribution in [2.75, 3.05) is 33.9 Å². The van der Waals surface area contributed by atoms with Gasteiger partial charge in [0.15, 0.2) is 0 Å². The smallest absolute Gasteiger partial charge is 0.234 e. The normalized spacial score (nSPS) is 11.8. The van der Waals surface area contributed by atoms with E-state index in [9.17, 15) is 4.79 Å². The molecule has 0 aliphatic carbocycles. The molecule has 0 aliphatic rings. The van der Waals surface area contributed by atoms with Crippen LogP contribution in [0.1, 0.15) is 31.9 Å². The molecule has 0 spiro atoms. The summed E-state index contributed by atoms with van der Waals surface area (Å²) < 4.78 is 10.4. The summed E-state index contributed by atoms with van der Waals surface area (Å²) in [7, 11) is 3.25. The number of hydrogen-bond donors (Lipinski definition) is 2. The van der Waals surface area contributed by atoms with E-state index in [1.807, 2.05) is 12.1 Å². The lowest BCUT2D eigenvalue weighted by molar-refractivity contribution is -0.121. The van der Waals surface area contributed by atoms with Gasteiger partial charge in [0.2, 0.25) is 5.91 Å². The van der Waals surface area contributed by atoms with Gasteiger partial charge in [-0.25, -0.2) is 0 Å². The molecule has 0 heterocycles. The molecular weight excluding hydrogens is 351 g/mol. The van der Waals surface area contributed by atoms with Crippen molar-refractivity contribution < 1.29 is 14.3 Å². The van der Waals surface area contributed by atoms with E-state index in [-0.39, 0.29) is 30.9 Å². The van der Waals surface area contributed by atoms with E-state index in [2.05, 4.69) is 24.5 Å². The second-order valence-corrected chi connectivity index (χ2v) is 6.24. The molecule has 1 atom stereocenters. The van der Waals surface area contributed by atoms with Crippen LogP contribution in [0.25, 0.3) is 0 Å². The fraction of sp³-hybridized carbons (Fsp3) is 0.588. The number of methoxy groups -OCH3 is 2. The molecule has 1 rings (SSSR count). The van der Waals surface area contributed by atoms with Gasteiger partial charge in [-0.1, -0.05) is 25.4 Å². The zero-order valence-corrected chi connectivity index (χ0v) is 16.3. The molecule has 1 amide bonds. The highest BCUT2D eigenvalue weighted by Gasteiger charge is 2.20. The summed E-state index contributed by atoms with van der Waals surface area (Å²) in [6.45, 7) is 5.70. The van der Waals surface area contributed by atoms with Crippen LogP contribution >= 0.6 is 24.0 Å². The summed E-state index contributed by atoms with van der Waals surface area (Å²) in [5.74, 6) is 1.09. The number of carbonyl (C=O) groups excluding carboxylic acids is 1. The lowest BCUT2D eigenvalue weighted by Gasteiger charge is -2.23. The van der Waals surface area contributed by atoms with Gasteiger partial charge >= 0.3 is 0 Å². The third-order valence-corrected chi connectivity index (χ3v) is 3.61. The van der Waals surface area contributed by atoms with E-state index >= 15 is 0 Å². The average Bonchev–Trinajstić information content (AvgIpc) is 2.50. The van der Waals surface area contributed by atoms with Gasteiger partial charge in [0.1, 0.15) is 5.75 Å². The van der Waals surface area contributed by atoms with Crippen molar-refractivity contribution in [3.8, 4) is 5.75 Å². The van der Waals surface area contributed by atoms with Crippen LogP contribution in [0, 0.1) is 5.92 Å². The predicted octanol–water partition coefficient (Wildman–Crippen LogP) is 3.21. The molecule has 0 bridgehead atoms. The number of hydrogen-bond acceptors (Lipinski definition) is 4. The largest absolute Gasteiger partial charge is 0.496 e. The number of nitrogens with one attached hydrogen (secondary N) is 2. The molecule has 0 aliphatic heterocycles. The Morgan fingerprint density at radius 2 is 2.00 bits per heavy atom. The maximum Gasteiger partial charge on any atom is 0.234 e. The fourth-order valence-corrected chi connectivity index (χ4v) is 2.51. The SMILES string of the molecule is COCCNCC(=O)NC(CC(C)C)c1cc(Cl)ccc1OC.Cl. The van der Waals surface area contributed by atoms with Crippen LogP contribution in [0.2, 0.25) is 5.02 Å². The highest BCUT2D eigenvalue weighted by Crippen LogP contribution is 2.31. The Morgan fingerprint density at radius 3 is 2.58 bits per heavy atom. The predicted molar refractivity (Wildman–Crippen MR) is 100 cm³/mol. The van der Waals surface area contributed by atoms with Gasteiger partial charge in [-0.3, -0.25) is 4.79 Å². The lowest BCUT2D eigenvalue weighted by Crippen LogP contribution is -2.37. The minimum atomic E-state index is -0.139. The second kappa shape index (κ2) is 12.4. The molecular formula is C17H28Cl2N2O3. The first-order valence-corrected chi connectivity index (χ1v) is 8.18. The molecule has 7 heteroatoms. The summed E-state index contributed by atoms with van der Waals surface area (Å²) >= 11 is 6.11. The van der Waals surface area contributed by atoms with E-state index < -0.39 is 0 Å². The number of carbonyl (C=O) groups is 1. The van der Waals surface area contributed by atoms with Crippen LogP contribution < -0.4 is 15.4 Å². The molecule has 1 aromatic rings. The van der Waals surface area contributed by atoms with Gasteiger partial charge in [0.05, 0.1) is 26.3 Å². The van der Waals surface area contributed by atoms with E-state index in [4.69, 9.17) is 21.1 Å². The third-order valence-electron chi connectivity index (χ3n) is 3.38. The molecule has 0 radical (unpaired) electrons. The second-order valence-electron chi connectivity index (χ2n) is 5.81. The van der Waals surface area contributed by atoms with E-state index in [0.717, 1.165) is 17.7 Å². The van der Waals surface area contributed by atoms with Gasteiger partial charge in [-0.15, -0.1) is 12.4 Å². The minimum Gasteiger partial charge on any atom is -0.496 e. The van der Waals surface area contributed by atoms with Gasteiger partial charge in [-0.05, 0) is 30.5 Å². The van der Waals surface area contributed by atoms with Crippen molar-refractivity contribution in [2.45, 2.75) is 26.3 Å². The quantitative estimate of drug-likeness (QED) is 0.613. The van der Waals surface area contributed by atoms with Gasteiger partial charge in [0, 0.05) is 24.2 Å². The summed E-state index contributed by atoms with van der Waals surface area (Å²) in [6.07, 6.45) is 0.806. The molecule has 0 saturated heterocycles. The first kappa shape index (κ1) is 23.0. The van der Waals surface area contributed by atoms with Crippen molar-refractivity contribution in [3.63, 3.8) is 0 Å². The molecule has 1 aromatic carbocycles. The maximum absolute atomic E-state index is 12.2. The monoisotopic (exact) mass is 378 g/mol. The van der Waals surface area contributed by atoms with Crippen LogP contribution in [-0.2, 0) is 9.53 Å². The summed E-state index contributed by atoms with van der Waals surface area (Å²) in [6, 6.07) is 5.32. The summed E-state index contributed by atoms with van der Waals surface area (Å²) in [5.41, 5.74) is 0.902. The molecule has 5 nitrogen and oxygen atoms in total. The van der Waals surface area contributed by atoms with Gasteiger partial charge in [0.25, 0.3) is 0 Å². The fourth-order valence-electron chi connectivity index (χ4n) is 2.33. The Balaban J connectivity index is 0.00000529. The van der Waals surface area contributed by atoms with E-state index in [1.165, 1.54) is 0 Å². The highest BCUT2D eigenvalue weighted by molar-refractivity contribution is 6.30. The molecule has 0 saturated carbocycles. The van der Waals surface area contributed by atoms with E-state index in [0.29, 0.717) is 24.1 Å². The van der Waals surface area contributed by atoms with Crippen LogP contribution in [0.15, 0.2) is 18.2 Å². The Labute approximate surface area is 155 Å². The molecule has 0 fully saturated rings. The Morgan fingerprint density at radius 1 is 1.29 bits per heavy atom. The number of benzene rings is 1. The van der Waals surface area contributed by atoms with Gasteiger partial charge in [-0.2, -0.15) is 0 Å². The summed E-state index contributed by atoms with van der Waals surface area (Å²) in [4.78, 5) is 12.2. The van der Waals surface area contributed by atoms with Crippen LogP contribution in [0.3, 0.4) is 0 Å². The highest BCUT2D eigenvalue weighted by atomic mass is 35.5. The molecule has 1 unspecified atom stereocenters. The zero-order chi connectivity index (χ0) is 17.2. The third kappa shape index (κ3) is 8.20. The molecule has 24 heavy (non-hydrogen) atoms. The topological polar surface area (TPSA) is 59.6 Å². The number of halogens is 2. The molecule has 2 N–H and O–H groups in total. The van der Waals surface area contributed by atoms with Gasteiger partial charge < -0.3 is 20.1 Å². The minimum absolute atomic E-state index is 0. The Kier molecular flexibility index (Phi) is 11.8. The number of rotatable bonds is 10. The van der Waals surface area contributed by atoms with Crippen molar-refractivity contribution in [2.24, 2.45) is 5.92 Å². The van der Waals surface area contributed by atoms with E-state index in [1.54, 1.807) is 20.3 Å². The zero-order valence-electron chi connectivity index (χ0n) is 14.7.